The number of fused-ring (bicyclic) bond motifs is 1. The van der Waals surface area contributed by atoms with Crippen molar-refractivity contribution in [2.45, 2.75) is 31.9 Å². The van der Waals surface area contributed by atoms with E-state index in [0.29, 0.717) is 36.7 Å². The van der Waals surface area contributed by atoms with Crippen LogP contribution in [0, 0.1) is 17.0 Å². The number of alkyl halides is 3. The molecular weight excluding hydrogens is 387 g/mol. The smallest absolute Gasteiger partial charge is 0.365 e. The number of piperidine rings is 1. The van der Waals surface area contributed by atoms with E-state index in [1.165, 1.54) is 16.5 Å². The van der Waals surface area contributed by atoms with Crippen molar-refractivity contribution < 1.29 is 18.1 Å². The third-order valence-corrected chi connectivity index (χ3v) is 5.27. The second-order valence-electron chi connectivity index (χ2n) is 7.19. The molecule has 1 unspecified atom stereocenters. The second-order valence-corrected chi connectivity index (χ2v) is 7.19. The molecule has 0 aliphatic carbocycles. The van der Waals surface area contributed by atoms with Gasteiger partial charge in [0.05, 0.1) is 10.5 Å². The lowest BCUT2D eigenvalue weighted by Crippen LogP contribution is -2.36. The average molecular weight is 405 g/mol. The molecule has 10 heteroatoms. The second kappa shape index (κ2) is 7.02. The van der Waals surface area contributed by atoms with E-state index in [2.05, 4.69) is 10.2 Å². The van der Waals surface area contributed by atoms with Crippen LogP contribution in [0.25, 0.3) is 5.65 Å². The highest BCUT2D eigenvalue weighted by Gasteiger charge is 2.33. The number of hydrogen-bond acceptors (Lipinski definition) is 5. The third kappa shape index (κ3) is 3.50. The van der Waals surface area contributed by atoms with E-state index in [1.807, 2.05) is 17.9 Å². The Balaban J connectivity index is 1.71. The van der Waals surface area contributed by atoms with Crippen LogP contribution in [0.3, 0.4) is 0 Å². The Kier molecular flexibility index (Phi) is 4.64. The molecule has 0 amide bonds. The Labute approximate surface area is 163 Å². The molecule has 0 radical (unpaired) electrons. The monoisotopic (exact) mass is 405 g/mol. The highest BCUT2D eigenvalue weighted by Crippen LogP contribution is 2.37. The molecule has 1 aromatic carbocycles. The van der Waals surface area contributed by atoms with Gasteiger partial charge in [-0.25, -0.2) is 0 Å². The summed E-state index contributed by atoms with van der Waals surface area (Å²) in [6, 6.07) is 7.20. The third-order valence-electron chi connectivity index (χ3n) is 5.27. The van der Waals surface area contributed by atoms with Crippen LogP contribution in [0.4, 0.5) is 24.5 Å². The largest absolute Gasteiger partial charge is 0.417 e. The summed E-state index contributed by atoms with van der Waals surface area (Å²) in [5.41, 5.74) is 0.925. The molecule has 29 heavy (non-hydrogen) atoms. The van der Waals surface area contributed by atoms with Gasteiger partial charge in [0.25, 0.3) is 5.69 Å². The molecule has 0 bridgehead atoms. The van der Waals surface area contributed by atoms with Gasteiger partial charge in [-0.05, 0) is 37.5 Å². The van der Waals surface area contributed by atoms with Gasteiger partial charge < -0.3 is 4.90 Å². The molecule has 1 aliphatic heterocycles. The van der Waals surface area contributed by atoms with Crippen molar-refractivity contribution in [2.75, 3.05) is 18.0 Å². The molecular formula is C19H18F3N5O2. The molecule has 152 valence electrons. The van der Waals surface area contributed by atoms with Crippen molar-refractivity contribution in [3.63, 3.8) is 0 Å². The molecule has 3 heterocycles. The number of benzene rings is 1. The number of pyridine rings is 1. The zero-order chi connectivity index (χ0) is 20.8. The van der Waals surface area contributed by atoms with E-state index in [0.717, 1.165) is 24.2 Å². The fourth-order valence-electron chi connectivity index (χ4n) is 3.95. The summed E-state index contributed by atoms with van der Waals surface area (Å²) >= 11 is 0. The lowest BCUT2D eigenvalue weighted by atomic mass is 9.95. The summed E-state index contributed by atoms with van der Waals surface area (Å²) in [7, 11) is 0. The predicted octanol–water partition coefficient (Wildman–Crippen LogP) is 4.35. The first-order chi connectivity index (χ1) is 13.8. The van der Waals surface area contributed by atoms with Crippen LogP contribution in [-0.2, 0) is 6.18 Å². The molecule has 4 rings (SSSR count). The molecule has 0 N–H and O–H groups in total. The zero-order valence-corrected chi connectivity index (χ0v) is 15.6. The number of nitrogens with zero attached hydrogens (tertiary/aromatic N) is 5. The maximum absolute atomic E-state index is 13.1. The summed E-state index contributed by atoms with van der Waals surface area (Å²) in [5.74, 6) is 0.244. The van der Waals surface area contributed by atoms with Gasteiger partial charge in [0.1, 0.15) is 11.5 Å². The van der Waals surface area contributed by atoms with Gasteiger partial charge in [0.2, 0.25) is 0 Å². The fraction of sp³-hybridized carbons (Fsp3) is 0.368. The molecule has 3 aromatic rings. The van der Waals surface area contributed by atoms with Crippen LogP contribution in [0.1, 0.15) is 35.7 Å². The lowest BCUT2D eigenvalue weighted by molar-refractivity contribution is -0.384. The molecule has 2 aromatic heterocycles. The molecule has 1 fully saturated rings. The van der Waals surface area contributed by atoms with Gasteiger partial charge in [-0.15, -0.1) is 10.2 Å². The number of aryl methyl sites for hydroxylation is 1. The van der Waals surface area contributed by atoms with Gasteiger partial charge in [-0.1, -0.05) is 12.1 Å². The van der Waals surface area contributed by atoms with Gasteiger partial charge >= 0.3 is 6.18 Å². The Morgan fingerprint density at radius 3 is 2.72 bits per heavy atom. The molecule has 1 aliphatic rings. The summed E-state index contributed by atoms with van der Waals surface area (Å²) in [6.07, 6.45) is -1.99. The fourth-order valence-corrected chi connectivity index (χ4v) is 3.95. The minimum Gasteiger partial charge on any atom is -0.365 e. The van der Waals surface area contributed by atoms with Gasteiger partial charge in [-0.3, -0.25) is 14.5 Å². The number of anilines is 1. The SMILES string of the molecule is Cc1cccc([N+](=O)[O-])c1N1CCCC(c2nnc3ccc(C(F)(F)F)cn23)C1. The minimum absolute atomic E-state index is 0.0242. The molecule has 1 saturated heterocycles. The lowest BCUT2D eigenvalue weighted by Gasteiger charge is -2.34. The summed E-state index contributed by atoms with van der Waals surface area (Å²) in [6.45, 7) is 2.86. The summed E-state index contributed by atoms with van der Waals surface area (Å²) < 4.78 is 40.7. The van der Waals surface area contributed by atoms with Gasteiger partial charge in [0, 0.05) is 31.3 Å². The molecule has 7 nitrogen and oxygen atoms in total. The average Bonchev–Trinajstić information content (AvgIpc) is 3.10. The van der Waals surface area contributed by atoms with Gasteiger partial charge in [0.15, 0.2) is 5.65 Å². The van der Waals surface area contributed by atoms with E-state index in [9.17, 15) is 23.3 Å². The molecule has 0 saturated carbocycles. The van der Waals surface area contributed by atoms with E-state index in [4.69, 9.17) is 0 Å². The van der Waals surface area contributed by atoms with Crippen molar-refractivity contribution in [2.24, 2.45) is 0 Å². The Morgan fingerprint density at radius 1 is 1.21 bits per heavy atom. The van der Waals surface area contributed by atoms with Crippen molar-refractivity contribution in [3.05, 3.63) is 63.6 Å². The number of hydrogen-bond donors (Lipinski definition) is 0. The van der Waals surface area contributed by atoms with Crippen LogP contribution in [0.2, 0.25) is 0 Å². The van der Waals surface area contributed by atoms with Crippen molar-refractivity contribution in [1.29, 1.82) is 0 Å². The van der Waals surface area contributed by atoms with Crippen LogP contribution in [0.15, 0.2) is 36.5 Å². The topological polar surface area (TPSA) is 76.6 Å². The first-order valence-electron chi connectivity index (χ1n) is 9.16. The van der Waals surface area contributed by atoms with Crippen LogP contribution < -0.4 is 4.90 Å². The van der Waals surface area contributed by atoms with Gasteiger partial charge in [-0.2, -0.15) is 13.2 Å². The van der Waals surface area contributed by atoms with Crippen molar-refractivity contribution in [1.82, 2.24) is 14.6 Å². The maximum Gasteiger partial charge on any atom is 0.417 e. The van der Waals surface area contributed by atoms with E-state index < -0.39 is 16.7 Å². The Bertz CT molecular complexity index is 1080. The van der Waals surface area contributed by atoms with Crippen molar-refractivity contribution in [3.8, 4) is 0 Å². The first-order valence-corrected chi connectivity index (χ1v) is 9.16. The highest BCUT2D eigenvalue weighted by molar-refractivity contribution is 5.68. The number of nitro benzene ring substituents is 1. The number of halogens is 3. The predicted molar refractivity (Wildman–Crippen MR) is 100 cm³/mol. The van der Waals surface area contributed by atoms with E-state index in [-0.39, 0.29) is 11.6 Å². The van der Waals surface area contributed by atoms with E-state index >= 15 is 0 Å². The number of para-hydroxylation sites is 1. The maximum atomic E-state index is 13.1. The molecule has 1 atom stereocenters. The number of rotatable bonds is 3. The zero-order valence-electron chi connectivity index (χ0n) is 15.6. The summed E-state index contributed by atoms with van der Waals surface area (Å²) in [5, 5.41) is 19.6. The standard InChI is InChI=1S/C19H18F3N5O2/c1-12-4-2-6-15(27(28)29)17(12)25-9-3-5-13(10-25)18-24-23-16-8-7-14(11-26(16)18)19(20,21)22/h2,4,6-8,11,13H,3,5,9-10H2,1H3. The van der Waals surface area contributed by atoms with Crippen LogP contribution >= 0.6 is 0 Å². The normalized spacial score (nSPS) is 17.7. The van der Waals surface area contributed by atoms with Crippen molar-refractivity contribution >= 4 is 17.0 Å². The molecule has 0 spiro atoms. The Morgan fingerprint density at radius 2 is 2.00 bits per heavy atom. The summed E-state index contributed by atoms with van der Waals surface area (Å²) in [4.78, 5) is 13.0. The first kappa shape index (κ1) is 19.2. The highest BCUT2D eigenvalue weighted by atomic mass is 19.4. The number of nitro groups is 1. The van der Waals surface area contributed by atoms with Crippen LogP contribution in [-0.4, -0.2) is 32.6 Å². The quantitative estimate of drug-likeness (QED) is 0.478. The number of aromatic nitrogens is 3. The van der Waals surface area contributed by atoms with Crippen LogP contribution in [0.5, 0.6) is 0 Å². The minimum atomic E-state index is -4.46. The Hall–Kier alpha value is -3.17. The van der Waals surface area contributed by atoms with E-state index in [1.54, 1.807) is 6.07 Å².